The average molecular weight is 261 g/mol. The standard InChI is InChI=1S/C9H6F3N3OS/c1-15-3-2-5(14-15)7(16)6-4-13-8(17-6)9(10,11)12/h2-4H,1H3. The molecule has 0 atom stereocenters. The van der Waals surface area contributed by atoms with Crippen molar-refractivity contribution in [2.24, 2.45) is 7.05 Å². The van der Waals surface area contributed by atoms with Gasteiger partial charge in [-0.2, -0.15) is 18.3 Å². The predicted octanol–water partition coefficient (Wildman–Crippen LogP) is 2.13. The highest BCUT2D eigenvalue weighted by atomic mass is 32.1. The van der Waals surface area contributed by atoms with Crippen LogP contribution in [0.15, 0.2) is 18.5 Å². The number of hydrogen-bond acceptors (Lipinski definition) is 4. The van der Waals surface area contributed by atoms with Crippen LogP contribution in [0.2, 0.25) is 0 Å². The fourth-order valence-electron chi connectivity index (χ4n) is 1.17. The van der Waals surface area contributed by atoms with Gasteiger partial charge < -0.3 is 0 Å². The van der Waals surface area contributed by atoms with Gasteiger partial charge in [-0.25, -0.2) is 4.98 Å². The van der Waals surface area contributed by atoms with Gasteiger partial charge >= 0.3 is 6.18 Å². The first-order valence-corrected chi connectivity index (χ1v) is 5.27. The van der Waals surface area contributed by atoms with Crippen molar-refractivity contribution in [2.75, 3.05) is 0 Å². The summed E-state index contributed by atoms with van der Waals surface area (Å²) in [7, 11) is 1.62. The van der Waals surface area contributed by atoms with Crippen LogP contribution in [0.1, 0.15) is 20.4 Å². The topological polar surface area (TPSA) is 47.8 Å². The van der Waals surface area contributed by atoms with E-state index in [1.807, 2.05) is 0 Å². The Morgan fingerprint density at radius 2 is 2.18 bits per heavy atom. The molecule has 2 aromatic heterocycles. The summed E-state index contributed by atoms with van der Waals surface area (Å²) in [5.74, 6) is -0.557. The molecule has 0 aliphatic heterocycles. The van der Waals surface area contributed by atoms with E-state index in [0.29, 0.717) is 11.3 Å². The minimum absolute atomic E-state index is 0.0731. The second kappa shape index (κ2) is 3.95. The van der Waals surface area contributed by atoms with Crippen LogP contribution in [0.5, 0.6) is 0 Å². The smallest absolute Gasteiger partial charge is 0.286 e. The Balaban J connectivity index is 2.30. The van der Waals surface area contributed by atoms with Gasteiger partial charge in [0, 0.05) is 19.4 Å². The SMILES string of the molecule is Cn1ccc(C(=O)c2cnc(C(F)(F)F)s2)n1. The lowest BCUT2D eigenvalue weighted by Crippen LogP contribution is -2.03. The molecule has 0 aliphatic carbocycles. The first-order valence-electron chi connectivity index (χ1n) is 4.45. The highest BCUT2D eigenvalue weighted by molar-refractivity contribution is 7.13. The first-order chi connectivity index (χ1) is 7.88. The summed E-state index contributed by atoms with van der Waals surface area (Å²) < 4.78 is 38.3. The number of halogens is 3. The van der Waals surface area contributed by atoms with Gasteiger partial charge in [-0.3, -0.25) is 9.48 Å². The van der Waals surface area contributed by atoms with E-state index in [4.69, 9.17) is 0 Å². The number of aromatic nitrogens is 3. The second-order valence-electron chi connectivity index (χ2n) is 3.23. The quantitative estimate of drug-likeness (QED) is 0.778. The number of rotatable bonds is 2. The summed E-state index contributed by atoms with van der Waals surface area (Å²) in [6.07, 6.45) is -2.06. The lowest BCUT2D eigenvalue weighted by molar-refractivity contribution is -0.137. The minimum Gasteiger partial charge on any atom is -0.286 e. The Hall–Kier alpha value is -1.70. The molecule has 2 aromatic rings. The normalized spacial score (nSPS) is 11.8. The number of ketones is 1. The van der Waals surface area contributed by atoms with Gasteiger partial charge in [0.05, 0.1) is 4.88 Å². The van der Waals surface area contributed by atoms with Gasteiger partial charge in [0.1, 0.15) is 5.69 Å². The molecule has 2 heterocycles. The van der Waals surface area contributed by atoms with Crippen LogP contribution >= 0.6 is 11.3 Å². The van der Waals surface area contributed by atoms with Gasteiger partial charge in [0.2, 0.25) is 5.78 Å². The lowest BCUT2D eigenvalue weighted by atomic mass is 10.3. The zero-order chi connectivity index (χ0) is 12.6. The van der Waals surface area contributed by atoms with Crippen molar-refractivity contribution >= 4 is 17.1 Å². The maximum atomic E-state index is 12.3. The summed E-state index contributed by atoms with van der Waals surface area (Å²) in [5, 5.41) is 2.79. The zero-order valence-corrected chi connectivity index (χ0v) is 9.34. The minimum atomic E-state index is -4.52. The van der Waals surface area contributed by atoms with Crippen LogP contribution in [-0.4, -0.2) is 20.5 Å². The molecule has 2 rings (SSSR count). The molecule has 0 bridgehead atoms. The van der Waals surface area contributed by atoms with Gasteiger partial charge in [0.25, 0.3) is 0 Å². The zero-order valence-electron chi connectivity index (χ0n) is 8.52. The maximum Gasteiger partial charge on any atom is 0.443 e. The fraction of sp³-hybridized carbons (Fsp3) is 0.222. The Morgan fingerprint density at radius 3 is 2.65 bits per heavy atom. The molecule has 8 heteroatoms. The first kappa shape index (κ1) is 11.8. The van der Waals surface area contributed by atoms with Gasteiger partial charge in [-0.05, 0) is 6.07 Å². The molecule has 0 N–H and O–H groups in total. The molecule has 0 radical (unpaired) electrons. The number of carbonyl (C=O) groups excluding carboxylic acids is 1. The third-order valence-corrected chi connectivity index (χ3v) is 2.96. The Morgan fingerprint density at radius 1 is 1.47 bits per heavy atom. The van der Waals surface area contributed by atoms with E-state index in [0.717, 1.165) is 6.20 Å². The van der Waals surface area contributed by atoms with Crippen LogP contribution in [0, 0.1) is 0 Å². The monoisotopic (exact) mass is 261 g/mol. The molecule has 90 valence electrons. The Bertz CT molecular complexity index is 558. The average Bonchev–Trinajstić information content (AvgIpc) is 2.83. The molecule has 0 saturated carbocycles. The highest BCUT2D eigenvalue weighted by Crippen LogP contribution is 2.32. The lowest BCUT2D eigenvalue weighted by Gasteiger charge is -1.98. The molecular formula is C9H6F3N3OS. The van der Waals surface area contributed by atoms with E-state index in [1.54, 1.807) is 13.2 Å². The molecule has 0 amide bonds. The Labute approximate surface area is 97.7 Å². The van der Waals surface area contributed by atoms with E-state index >= 15 is 0 Å². The van der Waals surface area contributed by atoms with Gasteiger partial charge in [0.15, 0.2) is 5.01 Å². The van der Waals surface area contributed by atoms with Crippen LogP contribution < -0.4 is 0 Å². The van der Waals surface area contributed by atoms with Crippen LogP contribution in [-0.2, 0) is 13.2 Å². The molecule has 0 spiro atoms. The Kier molecular flexibility index (Phi) is 2.74. The van der Waals surface area contributed by atoms with E-state index in [1.165, 1.54) is 10.7 Å². The largest absolute Gasteiger partial charge is 0.443 e. The summed E-state index contributed by atoms with van der Waals surface area (Å²) in [4.78, 5) is 14.8. The van der Waals surface area contributed by atoms with E-state index in [9.17, 15) is 18.0 Å². The van der Waals surface area contributed by atoms with Crippen LogP contribution in [0.4, 0.5) is 13.2 Å². The molecule has 0 aliphatic rings. The molecular weight excluding hydrogens is 255 g/mol. The third kappa shape index (κ3) is 2.36. The number of aryl methyl sites for hydroxylation is 1. The third-order valence-electron chi connectivity index (χ3n) is 1.92. The summed E-state index contributed by atoms with van der Waals surface area (Å²) in [6, 6.07) is 1.44. The van der Waals surface area contributed by atoms with Crippen molar-refractivity contribution < 1.29 is 18.0 Å². The fourth-order valence-corrected chi connectivity index (χ4v) is 1.90. The molecule has 4 nitrogen and oxygen atoms in total. The summed E-state index contributed by atoms with van der Waals surface area (Å²) >= 11 is 0.317. The van der Waals surface area contributed by atoms with E-state index < -0.39 is 17.0 Å². The molecule has 0 aromatic carbocycles. The molecule has 0 saturated heterocycles. The van der Waals surface area contributed by atoms with Gasteiger partial charge in [-0.15, -0.1) is 11.3 Å². The molecule has 0 unspecified atom stereocenters. The molecule has 17 heavy (non-hydrogen) atoms. The van der Waals surface area contributed by atoms with Crippen LogP contribution in [0.25, 0.3) is 0 Å². The highest BCUT2D eigenvalue weighted by Gasteiger charge is 2.35. The number of thiazole rings is 1. The van der Waals surface area contributed by atoms with Crippen molar-refractivity contribution in [3.63, 3.8) is 0 Å². The van der Waals surface area contributed by atoms with E-state index in [-0.39, 0.29) is 10.6 Å². The summed E-state index contributed by atoms with van der Waals surface area (Å²) in [6.45, 7) is 0. The van der Waals surface area contributed by atoms with Crippen LogP contribution in [0.3, 0.4) is 0 Å². The van der Waals surface area contributed by atoms with Crippen molar-refractivity contribution in [1.82, 2.24) is 14.8 Å². The number of nitrogens with zero attached hydrogens (tertiary/aromatic N) is 3. The number of alkyl halides is 3. The number of hydrogen-bond donors (Lipinski definition) is 0. The van der Waals surface area contributed by atoms with Crippen molar-refractivity contribution in [1.29, 1.82) is 0 Å². The van der Waals surface area contributed by atoms with Crippen molar-refractivity contribution in [2.45, 2.75) is 6.18 Å². The van der Waals surface area contributed by atoms with E-state index in [2.05, 4.69) is 10.1 Å². The maximum absolute atomic E-state index is 12.3. The van der Waals surface area contributed by atoms with Gasteiger partial charge in [-0.1, -0.05) is 0 Å². The number of carbonyl (C=O) groups is 1. The van der Waals surface area contributed by atoms with Crippen molar-refractivity contribution in [3.05, 3.63) is 34.0 Å². The summed E-state index contributed by atoms with van der Waals surface area (Å²) in [5.41, 5.74) is 0.102. The van der Waals surface area contributed by atoms with Crippen molar-refractivity contribution in [3.8, 4) is 0 Å². The molecule has 0 fully saturated rings. The second-order valence-corrected chi connectivity index (χ2v) is 4.26. The predicted molar refractivity (Wildman–Crippen MR) is 53.8 cm³/mol.